The van der Waals surface area contributed by atoms with Gasteiger partial charge in [0.2, 0.25) is 5.89 Å². The predicted molar refractivity (Wildman–Crippen MR) is 93.7 cm³/mol. The molecule has 0 saturated carbocycles. The number of carbonyl (C=O) groups is 1. The Balaban J connectivity index is 1.69. The lowest BCUT2D eigenvalue weighted by molar-refractivity contribution is 0.0945. The van der Waals surface area contributed by atoms with E-state index in [0.29, 0.717) is 18.0 Å². The zero-order chi connectivity index (χ0) is 17.0. The minimum absolute atomic E-state index is 0.0875. The first-order valence-corrected chi connectivity index (χ1v) is 7.91. The van der Waals surface area contributed by atoms with Gasteiger partial charge in [0.1, 0.15) is 6.26 Å². The first-order chi connectivity index (χ1) is 11.6. The van der Waals surface area contributed by atoms with Gasteiger partial charge in [0.15, 0.2) is 0 Å². The number of rotatable bonds is 5. The fraction of sp³-hybridized carbons (Fsp3) is 0.200. The van der Waals surface area contributed by atoms with Crippen molar-refractivity contribution in [3.05, 3.63) is 78.2 Å². The zero-order valence-electron chi connectivity index (χ0n) is 13.8. The summed E-state index contributed by atoms with van der Waals surface area (Å²) in [5.74, 6) is 0.503. The van der Waals surface area contributed by atoms with Crippen LogP contribution in [0.3, 0.4) is 0 Å². The number of nitrogens with one attached hydrogen (secondary N) is 1. The molecular weight excluding hydrogens is 300 g/mol. The lowest BCUT2D eigenvalue weighted by Crippen LogP contribution is -2.36. The van der Waals surface area contributed by atoms with Crippen LogP contribution in [0.1, 0.15) is 29.9 Å². The van der Waals surface area contributed by atoms with Crippen molar-refractivity contribution in [2.24, 2.45) is 0 Å². The average molecular weight is 320 g/mol. The summed E-state index contributed by atoms with van der Waals surface area (Å²) in [6.45, 7) is 4.54. The third-order valence-corrected chi connectivity index (χ3v) is 3.95. The van der Waals surface area contributed by atoms with Crippen LogP contribution in [0.5, 0.6) is 0 Å². The summed E-state index contributed by atoms with van der Waals surface area (Å²) in [4.78, 5) is 16.8. The quantitative estimate of drug-likeness (QED) is 0.771. The number of oxazole rings is 1. The molecule has 1 N–H and O–H groups in total. The van der Waals surface area contributed by atoms with E-state index in [0.717, 1.165) is 11.3 Å². The Bertz CT molecular complexity index is 808. The SMILES string of the molecule is CC(C)(CNC(=O)c1ccccc1)c1coc(-c2ccccc2)n1. The molecule has 0 aliphatic heterocycles. The van der Waals surface area contributed by atoms with Crippen molar-refractivity contribution in [2.45, 2.75) is 19.3 Å². The Hall–Kier alpha value is -2.88. The summed E-state index contributed by atoms with van der Waals surface area (Å²) in [6.07, 6.45) is 1.66. The highest BCUT2D eigenvalue weighted by Gasteiger charge is 2.26. The highest BCUT2D eigenvalue weighted by Crippen LogP contribution is 2.26. The molecule has 0 fully saturated rings. The number of hydrogen-bond donors (Lipinski definition) is 1. The van der Waals surface area contributed by atoms with Crippen LogP contribution in [0.25, 0.3) is 11.5 Å². The molecule has 0 spiro atoms. The smallest absolute Gasteiger partial charge is 0.251 e. The Morgan fingerprint density at radius 3 is 2.33 bits per heavy atom. The van der Waals surface area contributed by atoms with Crippen LogP contribution in [-0.4, -0.2) is 17.4 Å². The number of nitrogens with zero attached hydrogens (tertiary/aromatic N) is 1. The maximum Gasteiger partial charge on any atom is 0.251 e. The molecule has 4 nitrogen and oxygen atoms in total. The number of hydrogen-bond acceptors (Lipinski definition) is 3. The van der Waals surface area contributed by atoms with Crippen LogP contribution in [0.2, 0.25) is 0 Å². The molecule has 3 aromatic rings. The monoisotopic (exact) mass is 320 g/mol. The van der Waals surface area contributed by atoms with E-state index in [1.807, 2.05) is 62.4 Å². The van der Waals surface area contributed by atoms with Crippen LogP contribution in [0, 0.1) is 0 Å². The largest absolute Gasteiger partial charge is 0.444 e. The van der Waals surface area contributed by atoms with Crippen LogP contribution >= 0.6 is 0 Å². The van der Waals surface area contributed by atoms with Crippen molar-refractivity contribution in [1.29, 1.82) is 0 Å². The van der Waals surface area contributed by atoms with Gasteiger partial charge in [-0.05, 0) is 24.3 Å². The van der Waals surface area contributed by atoms with Crippen molar-refractivity contribution in [2.75, 3.05) is 6.54 Å². The van der Waals surface area contributed by atoms with E-state index in [1.54, 1.807) is 18.4 Å². The second kappa shape index (κ2) is 6.71. The molecule has 0 radical (unpaired) electrons. The van der Waals surface area contributed by atoms with E-state index in [2.05, 4.69) is 10.3 Å². The summed E-state index contributed by atoms with van der Waals surface area (Å²) in [7, 11) is 0. The number of benzene rings is 2. The Kier molecular flexibility index (Phi) is 4.47. The lowest BCUT2D eigenvalue weighted by atomic mass is 9.90. The van der Waals surface area contributed by atoms with Crippen LogP contribution in [0.4, 0.5) is 0 Å². The lowest BCUT2D eigenvalue weighted by Gasteiger charge is -2.22. The average Bonchev–Trinajstić information content (AvgIpc) is 3.12. The van der Waals surface area contributed by atoms with Gasteiger partial charge in [-0.2, -0.15) is 0 Å². The number of aromatic nitrogens is 1. The van der Waals surface area contributed by atoms with Gasteiger partial charge in [-0.25, -0.2) is 4.98 Å². The van der Waals surface area contributed by atoms with Crippen molar-refractivity contribution >= 4 is 5.91 Å². The van der Waals surface area contributed by atoms with E-state index in [1.165, 1.54) is 0 Å². The van der Waals surface area contributed by atoms with E-state index in [4.69, 9.17) is 4.42 Å². The van der Waals surface area contributed by atoms with Crippen LogP contribution in [-0.2, 0) is 5.41 Å². The molecule has 0 bridgehead atoms. The molecule has 0 unspecified atom stereocenters. The molecule has 1 amide bonds. The minimum atomic E-state index is -0.332. The molecular formula is C20H20N2O2. The standard InChI is InChI=1S/C20H20N2O2/c1-20(2,14-21-18(23)15-9-5-3-6-10-15)17-13-24-19(22-17)16-11-7-4-8-12-16/h3-13H,14H2,1-2H3,(H,21,23). The van der Waals surface area contributed by atoms with E-state index < -0.39 is 0 Å². The van der Waals surface area contributed by atoms with E-state index in [9.17, 15) is 4.79 Å². The van der Waals surface area contributed by atoms with Gasteiger partial charge in [0.05, 0.1) is 5.69 Å². The van der Waals surface area contributed by atoms with Crippen molar-refractivity contribution in [3.63, 3.8) is 0 Å². The number of amides is 1. The van der Waals surface area contributed by atoms with E-state index in [-0.39, 0.29) is 11.3 Å². The molecule has 4 heteroatoms. The maximum atomic E-state index is 12.2. The van der Waals surface area contributed by atoms with E-state index >= 15 is 0 Å². The summed E-state index contributed by atoms with van der Waals surface area (Å²) in [6, 6.07) is 19.0. The van der Waals surface area contributed by atoms with Gasteiger partial charge in [0, 0.05) is 23.1 Å². The molecule has 0 aliphatic carbocycles. The van der Waals surface area contributed by atoms with Gasteiger partial charge in [0.25, 0.3) is 5.91 Å². The highest BCUT2D eigenvalue weighted by atomic mass is 16.3. The van der Waals surface area contributed by atoms with Crippen LogP contribution < -0.4 is 5.32 Å². The molecule has 1 aromatic heterocycles. The third-order valence-electron chi connectivity index (χ3n) is 3.95. The maximum absolute atomic E-state index is 12.2. The summed E-state index contributed by atoms with van der Waals surface area (Å²) >= 11 is 0. The minimum Gasteiger partial charge on any atom is -0.444 e. The highest BCUT2D eigenvalue weighted by molar-refractivity contribution is 5.94. The molecule has 24 heavy (non-hydrogen) atoms. The van der Waals surface area contributed by atoms with Gasteiger partial charge in [-0.3, -0.25) is 4.79 Å². The van der Waals surface area contributed by atoms with Gasteiger partial charge in [-0.1, -0.05) is 50.2 Å². The summed E-state index contributed by atoms with van der Waals surface area (Å²) in [5, 5.41) is 2.97. The van der Waals surface area contributed by atoms with Gasteiger partial charge >= 0.3 is 0 Å². The number of carbonyl (C=O) groups excluding carboxylic acids is 1. The Labute approximate surface area is 141 Å². The fourth-order valence-electron chi connectivity index (χ4n) is 2.38. The summed E-state index contributed by atoms with van der Waals surface area (Å²) < 4.78 is 5.60. The molecule has 1 heterocycles. The third kappa shape index (κ3) is 3.54. The predicted octanol–water partition coefficient (Wildman–Crippen LogP) is 4.05. The molecule has 0 aliphatic rings. The molecule has 3 rings (SSSR count). The fourth-order valence-corrected chi connectivity index (χ4v) is 2.38. The Morgan fingerprint density at radius 1 is 1.04 bits per heavy atom. The second-order valence-electron chi connectivity index (χ2n) is 6.34. The Morgan fingerprint density at radius 2 is 1.67 bits per heavy atom. The van der Waals surface area contributed by atoms with Crippen LogP contribution in [0.15, 0.2) is 71.3 Å². The second-order valence-corrected chi connectivity index (χ2v) is 6.34. The molecule has 0 saturated heterocycles. The van der Waals surface area contributed by atoms with Crippen molar-refractivity contribution < 1.29 is 9.21 Å². The summed E-state index contributed by atoms with van der Waals surface area (Å²) in [5.41, 5.74) is 2.07. The normalized spacial score (nSPS) is 11.2. The van der Waals surface area contributed by atoms with Gasteiger partial charge in [-0.15, -0.1) is 0 Å². The first-order valence-electron chi connectivity index (χ1n) is 7.91. The molecule has 2 aromatic carbocycles. The van der Waals surface area contributed by atoms with Crippen molar-refractivity contribution in [1.82, 2.24) is 10.3 Å². The van der Waals surface area contributed by atoms with Gasteiger partial charge < -0.3 is 9.73 Å². The topological polar surface area (TPSA) is 55.1 Å². The molecule has 122 valence electrons. The molecule has 0 atom stereocenters. The first kappa shape index (κ1) is 16.0. The van der Waals surface area contributed by atoms with Crippen molar-refractivity contribution in [3.8, 4) is 11.5 Å². The zero-order valence-corrected chi connectivity index (χ0v) is 13.8.